The molecule has 0 aliphatic heterocycles. The highest BCUT2D eigenvalue weighted by molar-refractivity contribution is 9.10. The zero-order valence-electron chi connectivity index (χ0n) is 9.94. The first kappa shape index (κ1) is 13.2. The Morgan fingerprint density at radius 1 is 1.33 bits per heavy atom. The summed E-state index contributed by atoms with van der Waals surface area (Å²) in [6.07, 6.45) is 0.866. The van der Waals surface area contributed by atoms with E-state index in [2.05, 4.69) is 32.8 Å². The van der Waals surface area contributed by atoms with Gasteiger partial charge in [-0.3, -0.25) is 0 Å². The number of halogens is 1. The van der Waals surface area contributed by atoms with Crippen molar-refractivity contribution in [2.75, 3.05) is 0 Å². The first-order chi connectivity index (χ1) is 8.70. The van der Waals surface area contributed by atoms with Crippen LogP contribution in [0.4, 0.5) is 0 Å². The van der Waals surface area contributed by atoms with Gasteiger partial charge in [0, 0.05) is 5.69 Å². The number of nitrogens with zero attached hydrogens (tertiary/aromatic N) is 1. The van der Waals surface area contributed by atoms with Gasteiger partial charge in [-0.05, 0) is 34.5 Å². The summed E-state index contributed by atoms with van der Waals surface area (Å²) in [5.41, 5.74) is 1.04. The number of benzene rings is 1. The van der Waals surface area contributed by atoms with E-state index < -0.39 is 0 Å². The first-order valence-electron chi connectivity index (χ1n) is 5.66. The van der Waals surface area contributed by atoms with Gasteiger partial charge in [0.15, 0.2) is 0 Å². The standard InChI is InChI=1S/C13H13BrN2OS/c1-2-10-12(14)13(18)16-11(15-10)8-17-9-6-4-3-5-7-9/h3-7H,2,8H2,1H3,(H,15,16,18). The molecule has 0 fully saturated rings. The van der Waals surface area contributed by atoms with Crippen LogP contribution in [-0.4, -0.2) is 9.97 Å². The fourth-order valence-electron chi connectivity index (χ4n) is 1.54. The molecule has 18 heavy (non-hydrogen) atoms. The van der Waals surface area contributed by atoms with E-state index in [1.165, 1.54) is 0 Å². The summed E-state index contributed by atoms with van der Waals surface area (Å²) >= 11 is 8.62. The topological polar surface area (TPSA) is 37.9 Å². The maximum absolute atomic E-state index is 5.63. The zero-order chi connectivity index (χ0) is 13.0. The lowest BCUT2D eigenvalue weighted by Gasteiger charge is -2.08. The van der Waals surface area contributed by atoms with E-state index in [9.17, 15) is 0 Å². The predicted molar refractivity (Wildman–Crippen MR) is 77.3 cm³/mol. The van der Waals surface area contributed by atoms with E-state index >= 15 is 0 Å². The molecule has 0 aliphatic carbocycles. The fourth-order valence-corrected chi connectivity index (χ4v) is 2.24. The van der Waals surface area contributed by atoms with E-state index in [1.54, 1.807) is 0 Å². The maximum Gasteiger partial charge on any atom is 0.146 e. The summed E-state index contributed by atoms with van der Waals surface area (Å²) in [4.78, 5) is 7.51. The summed E-state index contributed by atoms with van der Waals surface area (Å²) in [5.74, 6) is 1.56. The third-order valence-corrected chi connectivity index (χ3v) is 3.87. The normalized spacial score (nSPS) is 10.3. The van der Waals surface area contributed by atoms with Crippen LogP contribution in [-0.2, 0) is 13.0 Å². The minimum Gasteiger partial charge on any atom is -0.486 e. The Balaban J connectivity index is 2.15. The molecular weight excluding hydrogens is 312 g/mol. The molecule has 0 bridgehead atoms. The molecule has 0 aliphatic rings. The molecular formula is C13H13BrN2OS. The summed E-state index contributed by atoms with van der Waals surface area (Å²) in [7, 11) is 0. The molecule has 94 valence electrons. The van der Waals surface area contributed by atoms with E-state index in [0.29, 0.717) is 11.2 Å². The number of nitrogens with one attached hydrogen (secondary N) is 1. The van der Waals surface area contributed by atoms with Gasteiger partial charge in [-0.2, -0.15) is 0 Å². The number of hydrogen-bond acceptors (Lipinski definition) is 3. The van der Waals surface area contributed by atoms with Crippen LogP contribution in [0.3, 0.4) is 0 Å². The largest absolute Gasteiger partial charge is 0.486 e. The minimum absolute atomic E-state index is 0.383. The van der Waals surface area contributed by atoms with Gasteiger partial charge in [0.05, 0.1) is 4.47 Å². The van der Waals surface area contributed by atoms with Gasteiger partial charge in [0.1, 0.15) is 22.8 Å². The van der Waals surface area contributed by atoms with Crippen molar-refractivity contribution in [3.05, 3.63) is 51.0 Å². The van der Waals surface area contributed by atoms with Crippen LogP contribution in [0.15, 0.2) is 34.8 Å². The van der Waals surface area contributed by atoms with Gasteiger partial charge in [0.25, 0.3) is 0 Å². The fraction of sp³-hybridized carbons (Fsp3) is 0.231. The molecule has 0 atom stereocenters. The number of ether oxygens (including phenoxy) is 1. The molecule has 0 saturated carbocycles. The number of aromatic amines is 1. The van der Waals surface area contributed by atoms with Crippen molar-refractivity contribution in [2.24, 2.45) is 0 Å². The Morgan fingerprint density at radius 2 is 2.06 bits per heavy atom. The van der Waals surface area contributed by atoms with Crippen LogP contribution in [0.1, 0.15) is 18.4 Å². The zero-order valence-corrected chi connectivity index (χ0v) is 12.3. The molecule has 0 spiro atoms. The SMILES string of the molecule is CCc1[nH]c(COc2ccccc2)nc(=S)c1Br. The molecule has 0 radical (unpaired) electrons. The highest BCUT2D eigenvalue weighted by Gasteiger charge is 2.05. The second-order valence-electron chi connectivity index (χ2n) is 3.74. The average Bonchev–Trinajstić information content (AvgIpc) is 2.41. The molecule has 2 aromatic rings. The summed E-state index contributed by atoms with van der Waals surface area (Å²) in [6.45, 7) is 2.45. The molecule has 0 saturated heterocycles. The lowest BCUT2D eigenvalue weighted by molar-refractivity contribution is 0.295. The number of aromatic nitrogens is 2. The second-order valence-corrected chi connectivity index (χ2v) is 4.92. The van der Waals surface area contributed by atoms with Gasteiger partial charge in [0.2, 0.25) is 0 Å². The lowest BCUT2D eigenvalue weighted by Crippen LogP contribution is -2.05. The monoisotopic (exact) mass is 324 g/mol. The van der Waals surface area contributed by atoms with Crippen LogP contribution in [0.5, 0.6) is 5.75 Å². The number of hydrogen-bond donors (Lipinski definition) is 1. The third kappa shape index (κ3) is 3.17. The molecule has 1 aromatic carbocycles. The van der Waals surface area contributed by atoms with E-state index in [-0.39, 0.29) is 0 Å². The number of H-pyrrole nitrogens is 1. The summed E-state index contributed by atoms with van der Waals surface area (Å²) in [6, 6.07) is 9.64. The highest BCUT2D eigenvalue weighted by Crippen LogP contribution is 2.17. The quantitative estimate of drug-likeness (QED) is 0.862. The number of para-hydroxylation sites is 1. The Hall–Kier alpha value is -1.20. The Kier molecular flexibility index (Phi) is 4.49. The first-order valence-corrected chi connectivity index (χ1v) is 6.86. The minimum atomic E-state index is 0.383. The average molecular weight is 325 g/mol. The van der Waals surface area contributed by atoms with Gasteiger partial charge in [-0.25, -0.2) is 4.98 Å². The molecule has 5 heteroatoms. The second kappa shape index (κ2) is 6.11. The third-order valence-electron chi connectivity index (χ3n) is 2.46. The molecule has 0 unspecified atom stereocenters. The maximum atomic E-state index is 5.63. The summed E-state index contributed by atoms with van der Waals surface area (Å²) in [5, 5.41) is 0. The molecule has 3 nitrogen and oxygen atoms in total. The van der Waals surface area contributed by atoms with Gasteiger partial charge >= 0.3 is 0 Å². The van der Waals surface area contributed by atoms with Gasteiger partial charge in [-0.15, -0.1) is 0 Å². The lowest BCUT2D eigenvalue weighted by atomic mass is 10.3. The van der Waals surface area contributed by atoms with Crippen molar-refractivity contribution in [2.45, 2.75) is 20.0 Å². The molecule has 1 N–H and O–H groups in total. The molecule has 1 aromatic heterocycles. The van der Waals surface area contributed by atoms with Crippen molar-refractivity contribution in [1.29, 1.82) is 0 Å². The molecule has 1 heterocycles. The van der Waals surface area contributed by atoms with Crippen LogP contribution in [0, 0.1) is 4.64 Å². The van der Waals surface area contributed by atoms with Crippen molar-refractivity contribution in [1.82, 2.24) is 9.97 Å². The predicted octanol–water partition coefficient (Wildman–Crippen LogP) is 4.04. The van der Waals surface area contributed by atoms with Crippen molar-refractivity contribution in [3.63, 3.8) is 0 Å². The van der Waals surface area contributed by atoms with E-state index in [4.69, 9.17) is 17.0 Å². The smallest absolute Gasteiger partial charge is 0.146 e. The van der Waals surface area contributed by atoms with Crippen LogP contribution in [0.2, 0.25) is 0 Å². The molecule has 0 amide bonds. The van der Waals surface area contributed by atoms with E-state index in [0.717, 1.165) is 28.2 Å². The highest BCUT2D eigenvalue weighted by atomic mass is 79.9. The van der Waals surface area contributed by atoms with Crippen LogP contribution in [0.25, 0.3) is 0 Å². The number of rotatable bonds is 4. The van der Waals surface area contributed by atoms with Crippen molar-refractivity contribution in [3.8, 4) is 5.75 Å². The van der Waals surface area contributed by atoms with E-state index in [1.807, 2.05) is 30.3 Å². The Morgan fingerprint density at radius 3 is 2.72 bits per heavy atom. The van der Waals surface area contributed by atoms with Crippen LogP contribution < -0.4 is 4.74 Å². The Labute approximate surface area is 119 Å². The summed E-state index contributed by atoms with van der Waals surface area (Å²) < 4.78 is 7.06. The number of aryl methyl sites for hydroxylation is 1. The van der Waals surface area contributed by atoms with Gasteiger partial charge in [-0.1, -0.05) is 37.3 Å². The van der Waals surface area contributed by atoms with Gasteiger partial charge < -0.3 is 9.72 Å². The van der Waals surface area contributed by atoms with Crippen molar-refractivity contribution < 1.29 is 4.74 Å². The van der Waals surface area contributed by atoms with Crippen LogP contribution >= 0.6 is 28.1 Å². The Bertz CT molecular complexity index is 583. The van der Waals surface area contributed by atoms with Crippen molar-refractivity contribution >= 4 is 28.1 Å². The molecule has 2 rings (SSSR count).